The van der Waals surface area contributed by atoms with E-state index in [1.54, 1.807) is 37.3 Å². The van der Waals surface area contributed by atoms with Gasteiger partial charge in [-0.2, -0.15) is 0 Å². The summed E-state index contributed by atoms with van der Waals surface area (Å²) in [5.41, 5.74) is 1.47. The normalized spacial score (nSPS) is 11.8. The number of nitro groups is 1. The lowest BCUT2D eigenvalue weighted by Crippen LogP contribution is -2.04. The van der Waals surface area contributed by atoms with Crippen molar-refractivity contribution in [2.24, 2.45) is 0 Å². The Morgan fingerprint density at radius 3 is 2.45 bits per heavy atom. The van der Waals surface area contributed by atoms with Crippen LogP contribution in [0.25, 0.3) is 0 Å². The first kappa shape index (κ1) is 15.8. The zero-order valence-corrected chi connectivity index (χ0v) is 12.6. The fourth-order valence-corrected chi connectivity index (χ4v) is 2.22. The first-order valence-electron chi connectivity index (χ1n) is 6.63. The number of aliphatic hydroxyl groups excluding tert-OH is 1. The van der Waals surface area contributed by atoms with Crippen LogP contribution < -0.4 is 9.47 Å². The van der Waals surface area contributed by atoms with E-state index in [9.17, 15) is 15.2 Å². The maximum atomic E-state index is 11.0. The van der Waals surface area contributed by atoms with Gasteiger partial charge in [0.1, 0.15) is 17.6 Å². The number of hydrogen-bond acceptors (Lipinski definition) is 5. The van der Waals surface area contributed by atoms with Crippen molar-refractivity contribution in [3.05, 3.63) is 63.2 Å². The van der Waals surface area contributed by atoms with Gasteiger partial charge in [-0.15, -0.1) is 0 Å². The Morgan fingerprint density at radius 1 is 1.14 bits per heavy atom. The highest BCUT2D eigenvalue weighted by Gasteiger charge is 2.20. The largest absolute Gasteiger partial charge is 0.497 e. The fourth-order valence-electron chi connectivity index (χ4n) is 2.22. The summed E-state index contributed by atoms with van der Waals surface area (Å²) in [7, 11) is 3.02. The molecule has 22 heavy (non-hydrogen) atoms. The lowest BCUT2D eigenvalue weighted by molar-refractivity contribution is -0.385. The lowest BCUT2D eigenvalue weighted by Gasteiger charge is -2.16. The Labute approximate surface area is 128 Å². The third-order valence-corrected chi connectivity index (χ3v) is 3.48. The molecule has 0 fully saturated rings. The van der Waals surface area contributed by atoms with Gasteiger partial charge in [0.15, 0.2) is 0 Å². The van der Waals surface area contributed by atoms with Crippen molar-refractivity contribution in [1.82, 2.24) is 0 Å². The summed E-state index contributed by atoms with van der Waals surface area (Å²) in [6.45, 7) is 1.66. The molecule has 0 aliphatic heterocycles. The Bertz CT molecular complexity index is 699. The highest BCUT2D eigenvalue weighted by atomic mass is 16.6. The van der Waals surface area contributed by atoms with E-state index in [2.05, 4.69) is 0 Å². The van der Waals surface area contributed by atoms with Crippen molar-refractivity contribution in [3.8, 4) is 11.5 Å². The molecule has 6 nitrogen and oxygen atoms in total. The molecule has 1 atom stereocenters. The number of hydrogen-bond donors (Lipinski definition) is 1. The molecule has 0 aliphatic rings. The monoisotopic (exact) mass is 303 g/mol. The summed E-state index contributed by atoms with van der Waals surface area (Å²) in [5.74, 6) is 1.05. The van der Waals surface area contributed by atoms with Crippen molar-refractivity contribution >= 4 is 5.69 Å². The van der Waals surface area contributed by atoms with E-state index in [0.29, 0.717) is 28.2 Å². The molecular formula is C16H17NO5. The van der Waals surface area contributed by atoms with E-state index >= 15 is 0 Å². The molecule has 6 heteroatoms. The smallest absolute Gasteiger partial charge is 0.272 e. The summed E-state index contributed by atoms with van der Waals surface area (Å²) in [4.78, 5) is 10.6. The number of methoxy groups -OCH3 is 2. The molecule has 0 saturated heterocycles. The Morgan fingerprint density at radius 2 is 1.86 bits per heavy atom. The second-order valence-electron chi connectivity index (χ2n) is 4.81. The third-order valence-electron chi connectivity index (χ3n) is 3.48. The predicted molar refractivity (Wildman–Crippen MR) is 81.4 cm³/mol. The summed E-state index contributed by atoms with van der Waals surface area (Å²) in [6.07, 6.45) is -1.03. The minimum atomic E-state index is -1.03. The van der Waals surface area contributed by atoms with Crippen molar-refractivity contribution < 1.29 is 19.5 Å². The van der Waals surface area contributed by atoms with Gasteiger partial charge < -0.3 is 14.6 Å². The summed E-state index contributed by atoms with van der Waals surface area (Å²) >= 11 is 0. The van der Waals surface area contributed by atoms with E-state index in [1.165, 1.54) is 20.3 Å². The molecule has 0 aromatic heterocycles. The first-order chi connectivity index (χ1) is 10.5. The Hall–Kier alpha value is -2.60. The van der Waals surface area contributed by atoms with E-state index in [-0.39, 0.29) is 5.69 Å². The van der Waals surface area contributed by atoms with Crippen LogP contribution in [0.5, 0.6) is 11.5 Å². The minimum absolute atomic E-state index is 0.0240. The molecule has 0 radical (unpaired) electrons. The Kier molecular flexibility index (Phi) is 4.62. The maximum Gasteiger partial charge on any atom is 0.272 e. The molecule has 0 spiro atoms. The number of nitro benzene ring substituents is 1. The highest BCUT2D eigenvalue weighted by molar-refractivity contribution is 5.49. The average molecular weight is 303 g/mol. The van der Waals surface area contributed by atoms with Gasteiger partial charge >= 0.3 is 0 Å². The van der Waals surface area contributed by atoms with Gasteiger partial charge in [0, 0.05) is 23.3 Å². The maximum absolute atomic E-state index is 11.0. The van der Waals surface area contributed by atoms with Crippen LogP contribution in [0.3, 0.4) is 0 Å². The van der Waals surface area contributed by atoms with Crippen LogP contribution in [0, 0.1) is 17.0 Å². The van der Waals surface area contributed by atoms with Gasteiger partial charge in [-0.25, -0.2) is 0 Å². The topological polar surface area (TPSA) is 81.8 Å². The molecule has 1 N–H and O–H groups in total. The van der Waals surface area contributed by atoms with E-state index in [1.807, 2.05) is 0 Å². The molecule has 0 amide bonds. The molecule has 2 rings (SSSR count). The highest BCUT2D eigenvalue weighted by Crippen LogP contribution is 2.34. The molecule has 2 aromatic rings. The van der Waals surface area contributed by atoms with Gasteiger partial charge in [0.2, 0.25) is 0 Å². The fraction of sp³-hybridized carbons (Fsp3) is 0.250. The molecular weight excluding hydrogens is 286 g/mol. The van der Waals surface area contributed by atoms with Crippen LogP contribution in [0.2, 0.25) is 0 Å². The summed E-state index contributed by atoms with van der Waals surface area (Å²) in [6, 6.07) is 9.69. The van der Waals surface area contributed by atoms with Gasteiger partial charge in [0.05, 0.1) is 19.1 Å². The van der Waals surface area contributed by atoms with E-state index < -0.39 is 11.0 Å². The minimum Gasteiger partial charge on any atom is -0.497 e. The molecule has 0 aliphatic carbocycles. The second-order valence-corrected chi connectivity index (χ2v) is 4.81. The number of rotatable bonds is 5. The number of aliphatic hydroxyl groups is 1. The molecule has 2 aromatic carbocycles. The van der Waals surface area contributed by atoms with Gasteiger partial charge in [-0.05, 0) is 24.6 Å². The number of ether oxygens (including phenoxy) is 2. The SMILES string of the molecule is COc1ccc(C(O)c2ccc(C)c([N+](=O)[O-])c2)c(OC)c1. The number of nitrogens with zero attached hydrogens (tertiary/aromatic N) is 1. The third kappa shape index (κ3) is 3.01. The summed E-state index contributed by atoms with van der Waals surface area (Å²) < 4.78 is 10.4. The van der Waals surface area contributed by atoms with Crippen molar-refractivity contribution in [1.29, 1.82) is 0 Å². The van der Waals surface area contributed by atoms with Crippen LogP contribution >= 0.6 is 0 Å². The quantitative estimate of drug-likeness (QED) is 0.678. The van der Waals surface area contributed by atoms with Gasteiger partial charge in [0.25, 0.3) is 5.69 Å². The first-order valence-corrected chi connectivity index (χ1v) is 6.63. The van der Waals surface area contributed by atoms with Gasteiger partial charge in [-0.3, -0.25) is 10.1 Å². The number of aryl methyl sites for hydroxylation is 1. The molecule has 0 heterocycles. The second kappa shape index (κ2) is 6.44. The van der Waals surface area contributed by atoms with Gasteiger partial charge in [-0.1, -0.05) is 12.1 Å². The van der Waals surface area contributed by atoms with E-state index in [4.69, 9.17) is 9.47 Å². The van der Waals surface area contributed by atoms with Crippen molar-refractivity contribution in [2.75, 3.05) is 14.2 Å². The predicted octanol–water partition coefficient (Wildman–Crippen LogP) is 3.00. The van der Waals surface area contributed by atoms with Crippen LogP contribution in [0.1, 0.15) is 22.8 Å². The molecule has 0 bridgehead atoms. The standard InChI is InChI=1S/C16H17NO5/c1-10-4-5-11(8-14(10)17(19)20)16(18)13-7-6-12(21-2)9-15(13)22-3/h4-9,16,18H,1-3H3. The Balaban J connectivity index is 2.46. The van der Waals surface area contributed by atoms with Crippen molar-refractivity contribution in [3.63, 3.8) is 0 Å². The molecule has 0 saturated carbocycles. The molecule has 1 unspecified atom stereocenters. The summed E-state index contributed by atoms with van der Waals surface area (Å²) in [5, 5.41) is 21.5. The van der Waals surface area contributed by atoms with Crippen LogP contribution in [-0.4, -0.2) is 24.2 Å². The van der Waals surface area contributed by atoms with E-state index in [0.717, 1.165) is 0 Å². The lowest BCUT2D eigenvalue weighted by atomic mass is 9.98. The molecule has 116 valence electrons. The number of benzene rings is 2. The zero-order valence-electron chi connectivity index (χ0n) is 12.6. The van der Waals surface area contributed by atoms with Crippen LogP contribution in [0.4, 0.5) is 5.69 Å². The average Bonchev–Trinajstić information content (AvgIpc) is 2.53. The van der Waals surface area contributed by atoms with Crippen LogP contribution in [0.15, 0.2) is 36.4 Å². The van der Waals surface area contributed by atoms with Crippen LogP contribution in [-0.2, 0) is 0 Å². The van der Waals surface area contributed by atoms with Crippen molar-refractivity contribution in [2.45, 2.75) is 13.0 Å². The zero-order chi connectivity index (χ0) is 16.3.